The Bertz CT molecular complexity index is 969. The van der Waals surface area contributed by atoms with Crippen molar-refractivity contribution in [1.82, 2.24) is 10.2 Å². The molecule has 0 atom stereocenters. The normalized spacial score (nSPS) is 11.0. The largest absolute Gasteiger partial charge is 0.434 e. The van der Waals surface area contributed by atoms with Gasteiger partial charge in [0.05, 0.1) is 20.8 Å². The number of rotatable bonds is 2. The van der Waals surface area contributed by atoms with E-state index in [1.165, 1.54) is 12.1 Å². The molecular weight excluding hydrogens is 351 g/mol. The summed E-state index contributed by atoms with van der Waals surface area (Å²) in [4.78, 5) is 11.7. The fraction of sp³-hybridized carbons (Fsp3) is 0. The van der Waals surface area contributed by atoms with Gasteiger partial charge in [0.25, 0.3) is 5.56 Å². The lowest BCUT2D eigenvalue weighted by Gasteiger charge is -2.11. The van der Waals surface area contributed by atoms with Crippen molar-refractivity contribution < 1.29 is 13.5 Å². The highest BCUT2D eigenvalue weighted by Crippen LogP contribution is 2.39. The molecule has 5 nitrogen and oxygen atoms in total. The van der Waals surface area contributed by atoms with E-state index in [0.717, 1.165) is 12.1 Å². The van der Waals surface area contributed by atoms with Gasteiger partial charge in [0, 0.05) is 5.69 Å². The van der Waals surface area contributed by atoms with E-state index in [9.17, 15) is 13.6 Å². The second-order valence-electron chi connectivity index (χ2n) is 4.55. The van der Waals surface area contributed by atoms with E-state index < -0.39 is 28.0 Å². The Morgan fingerprint density at radius 3 is 2.26 bits per heavy atom. The number of halogens is 4. The number of fused-ring (bicyclic) bond motifs is 1. The molecule has 23 heavy (non-hydrogen) atoms. The van der Waals surface area contributed by atoms with Gasteiger partial charge in [0.15, 0.2) is 5.75 Å². The summed E-state index contributed by atoms with van der Waals surface area (Å²) in [6.07, 6.45) is 0. The summed E-state index contributed by atoms with van der Waals surface area (Å²) in [7, 11) is 0. The van der Waals surface area contributed by atoms with Crippen molar-refractivity contribution in [3.63, 3.8) is 0 Å². The van der Waals surface area contributed by atoms with E-state index in [2.05, 4.69) is 5.10 Å². The van der Waals surface area contributed by atoms with Crippen LogP contribution in [0.3, 0.4) is 0 Å². The van der Waals surface area contributed by atoms with Crippen LogP contribution in [0.4, 0.5) is 14.5 Å². The van der Waals surface area contributed by atoms with E-state index in [1.807, 2.05) is 5.10 Å². The minimum absolute atomic E-state index is 0.0490. The third kappa shape index (κ3) is 2.69. The predicted octanol–water partition coefficient (Wildman–Crippen LogP) is 3.88. The molecule has 0 aliphatic carbocycles. The van der Waals surface area contributed by atoms with Crippen LogP contribution in [0.25, 0.3) is 10.8 Å². The number of aromatic amines is 1. The summed E-state index contributed by atoms with van der Waals surface area (Å²) < 4.78 is 33.3. The third-order valence-corrected chi connectivity index (χ3v) is 3.58. The molecule has 3 N–H and O–H groups in total. The maximum Gasteiger partial charge on any atom is 0.275 e. The summed E-state index contributed by atoms with van der Waals surface area (Å²) >= 11 is 12.0. The lowest BCUT2D eigenvalue weighted by atomic mass is 10.1. The monoisotopic (exact) mass is 357 g/mol. The molecular formula is C14H7Cl2F2N3O2. The molecule has 1 heterocycles. The molecule has 1 aromatic heterocycles. The van der Waals surface area contributed by atoms with Crippen molar-refractivity contribution in [3.05, 3.63) is 56.3 Å². The molecule has 0 amide bonds. The van der Waals surface area contributed by atoms with Gasteiger partial charge in [-0.05, 0) is 24.3 Å². The highest BCUT2D eigenvalue weighted by molar-refractivity contribution is 6.37. The number of anilines is 1. The van der Waals surface area contributed by atoms with Crippen LogP contribution in [0.2, 0.25) is 10.0 Å². The Balaban J connectivity index is 2.25. The lowest BCUT2D eigenvalue weighted by molar-refractivity contribution is 0.458. The van der Waals surface area contributed by atoms with Crippen molar-refractivity contribution >= 4 is 39.7 Å². The number of hydrogen-bond acceptors (Lipinski definition) is 4. The van der Waals surface area contributed by atoms with Gasteiger partial charge < -0.3 is 10.5 Å². The molecule has 0 aliphatic rings. The minimum Gasteiger partial charge on any atom is -0.434 e. The number of nitrogens with two attached hydrogens (primary N) is 1. The Morgan fingerprint density at radius 2 is 1.65 bits per heavy atom. The molecule has 0 spiro atoms. The zero-order valence-electron chi connectivity index (χ0n) is 11.2. The van der Waals surface area contributed by atoms with Crippen molar-refractivity contribution in [3.8, 4) is 11.6 Å². The third-order valence-electron chi connectivity index (χ3n) is 3.02. The van der Waals surface area contributed by atoms with Gasteiger partial charge >= 0.3 is 0 Å². The van der Waals surface area contributed by atoms with E-state index in [4.69, 9.17) is 33.7 Å². The topological polar surface area (TPSA) is 81.0 Å². The van der Waals surface area contributed by atoms with Gasteiger partial charge in [-0.3, -0.25) is 4.79 Å². The summed E-state index contributed by atoms with van der Waals surface area (Å²) in [6.45, 7) is 0. The quantitative estimate of drug-likeness (QED) is 0.682. The second kappa shape index (κ2) is 5.68. The van der Waals surface area contributed by atoms with E-state index in [1.54, 1.807) is 0 Å². The maximum atomic E-state index is 14.0. The van der Waals surface area contributed by atoms with Gasteiger partial charge in [-0.2, -0.15) is 0 Å². The van der Waals surface area contributed by atoms with E-state index in [0.29, 0.717) is 5.69 Å². The van der Waals surface area contributed by atoms with E-state index >= 15 is 0 Å². The molecule has 9 heteroatoms. The number of nitrogen functional groups attached to an aromatic ring is 1. The molecule has 0 saturated carbocycles. The van der Waals surface area contributed by atoms with Crippen LogP contribution in [0.5, 0.6) is 11.6 Å². The van der Waals surface area contributed by atoms with Crippen LogP contribution in [0, 0.1) is 11.6 Å². The molecule has 0 radical (unpaired) electrons. The van der Waals surface area contributed by atoms with Crippen LogP contribution in [-0.4, -0.2) is 10.2 Å². The first-order valence-corrected chi connectivity index (χ1v) is 6.93. The number of H-pyrrole nitrogens is 1. The summed E-state index contributed by atoms with van der Waals surface area (Å²) in [6, 6.07) is 4.43. The molecule has 0 fully saturated rings. The fourth-order valence-electron chi connectivity index (χ4n) is 2.04. The van der Waals surface area contributed by atoms with Gasteiger partial charge in [-0.15, -0.1) is 5.10 Å². The van der Waals surface area contributed by atoms with Gasteiger partial charge in [-0.1, -0.05) is 23.2 Å². The fourth-order valence-corrected chi connectivity index (χ4v) is 2.62. The average molecular weight is 358 g/mol. The van der Waals surface area contributed by atoms with Crippen LogP contribution in [-0.2, 0) is 0 Å². The Hall–Kier alpha value is -2.38. The number of aromatic nitrogens is 2. The number of benzene rings is 2. The molecule has 0 saturated heterocycles. The highest BCUT2D eigenvalue weighted by atomic mass is 35.5. The molecule has 0 aliphatic heterocycles. The van der Waals surface area contributed by atoms with E-state index in [-0.39, 0.29) is 21.7 Å². The molecule has 0 bridgehead atoms. The Morgan fingerprint density at radius 1 is 1.09 bits per heavy atom. The molecule has 3 rings (SSSR count). The SMILES string of the molecule is Nc1cc(Cl)c(Oc2n[nH]c(=O)c3c(F)ccc(F)c23)c(Cl)c1. The minimum atomic E-state index is -0.913. The zero-order chi connectivity index (χ0) is 16.7. The Labute approximate surface area is 137 Å². The maximum absolute atomic E-state index is 14.0. The summed E-state index contributed by atoms with van der Waals surface area (Å²) in [5.74, 6) is -2.22. The van der Waals surface area contributed by atoms with Crippen LogP contribution in [0.15, 0.2) is 29.1 Å². The number of ether oxygens (including phenoxy) is 1. The second-order valence-corrected chi connectivity index (χ2v) is 5.37. The number of nitrogens with one attached hydrogen (secondary N) is 1. The van der Waals surface area contributed by atoms with Gasteiger partial charge in [0.1, 0.15) is 11.6 Å². The van der Waals surface area contributed by atoms with Crippen molar-refractivity contribution in [1.29, 1.82) is 0 Å². The first kappa shape index (κ1) is 15.5. The smallest absolute Gasteiger partial charge is 0.275 e. The molecule has 2 aromatic carbocycles. The number of hydrogen-bond donors (Lipinski definition) is 2. The van der Waals surface area contributed by atoms with Crippen LogP contribution >= 0.6 is 23.2 Å². The van der Waals surface area contributed by atoms with Crippen molar-refractivity contribution in [2.24, 2.45) is 0 Å². The zero-order valence-corrected chi connectivity index (χ0v) is 12.7. The average Bonchev–Trinajstić information content (AvgIpc) is 2.48. The summed E-state index contributed by atoms with van der Waals surface area (Å²) in [5.41, 5.74) is 4.98. The standard InChI is InChI=1S/C14H7Cl2F2N3O2/c15-6-3-5(19)4-7(16)12(6)23-14-11-9(18)2-1-8(17)10(11)13(22)20-21-14/h1-4H,19H2,(H,20,22). The first-order valence-electron chi connectivity index (χ1n) is 6.17. The molecule has 3 aromatic rings. The van der Waals surface area contributed by atoms with Crippen molar-refractivity contribution in [2.75, 3.05) is 5.73 Å². The van der Waals surface area contributed by atoms with Crippen LogP contribution < -0.4 is 16.0 Å². The summed E-state index contributed by atoms with van der Waals surface area (Å²) in [5, 5.41) is 4.79. The molecule has 118 valence electrons. The predicted molar refractivity (Wildman–Crippen MR) is 83.2 cm³/mol. The molecule has 0 unspecified atom stereocenters. The van der Waals surface area contributed by atoms with Crippen LogP contribution in [0.1, 0.15) is 0 Å². The first-order chi connectivity index (χ1) is 10.9. The van der Waals surface area contributed by atoms with Gasteiger partial charge in [0.2, 0.25) is 5.88 Å². The van der Waals surface area contributed by atoms with Crippen molar-refractivity contribution in [2.45, 2.75) is 0 Å². The lowest BCUT2D eigenvalue weighted by Crippen LogP contribution is -2.12. The Kier molecular flexibility index (Phi) is 3.83. The van der Waals surface area contributed by atoms with Gasteiger partial charge in [-0.25, -0.2) is 13.9 Å². The highest BCUT2D eigenvalue weighted by Gasteiger charge is 2.19. The number of nitrogens with zero attached hydrogens (tertiary/aromatic N) is 1.